The van der Waals surface area contributed by atoms with Gasteiger partial charge < -0.3 is 20.1 Å². The van der Waals surface area contributed by atoms with E-state index in [9.17, 15) is 19.2 Å². The number of ether oxygens (including phenoxy) is 1. The Morgan fingerprint density at radius 2 is 1.22 bits per heavy atom. The maximum absolute atomic E-state index is 12.1. The van der Waals surface area contributed by atoms with Crippen LogP contribution in [0.1, 0.15) is 69.2 Å². The zero-order valence-electron chi connectivity index (χ0n) is 20.3. The van der Waals surface area contributed by atoms with Gasteiger partial charge in [-0.25, -0.2) is 19.2 Å². The molecule has 3 N–H and O–H groups in total. The first-order valence-corrected chi connectivity index (χ1v) is 11.7. The summed E-state index contributed by atoms with van der Waals surface area (Å²) in [6.45, 7) is 9.09. The van der Waals surface area contributed by atoms with Crippen molar-refractivity contribution in [1.29, 1.82) is 0 Å². The molecule has 0 aromatic heterocycles. The van der Waals surface area contributed by atoms with Gasteiger partial charge in [0.05, 0.1) is 22.3 Å². The summed E-state index contributed by atoms with van der Waals surface area (Å²) in [5.74, 6) is -3.08. The van der Waals surface area contributed by atoms with Crippen LogP contribution >= 0.6 is 22.6 Å². The van der Waals surface area contributed by atoms with Gasteiger partial charge in [0, 0.05) is 3.57 Å². The lowest BCUT2D eigenvalue weighted by Gasteiger charge is -2.11. The maximum Gasteiger partial charge on any atom is 0.343 e. The summed E-state index contributed by atoms with van der Waals surface area (Å²) in [6.07, 6.45) is 0. The quantitative estimate of drug-likeness (QED) is 0.188. The van der Waals surface area contributed by atoms with Crippen molar-refractivity contribution in [3.05, 3.63) is 96.1 Å². The third-order valence-corrected chi connectivity index (χ3v) is 7.11. The standard InChI is InChI=1S/C17H16O4.C10H9IO4/c1-10-4-9-15(12(3)11(10)2)21-17(20)14-7-5-13(6-8-14)16(18)19;1-4-3-6(9(12)13)8(11)5(2)7(4)10(14)15/h4-9H,1-3H3,(H,18,19);3H,1-2H3,(H,12,13)(H,14,15). The summed E-state index contributed by atoms with van der Waals surface area (Å²) in [4.78, 5) is 44.6. The molecular formula is C27H25IO8. The molecule has 36 heavy (non-hydrogen) atoms. The number of esters is 1. The van der Waals surface area contributed by atoms with Crippen LogP contribution in [0.4, 0.5) is 0 Å². The van der Waals surface area contributed by atoms with Crippen molar-refractivity contribution in [2.24, 2.45) is 0 Å². The van der Waals surface area contributed by atoms with Gasteiger partial charge in [-0.05, 0) is 121 Å². The SMILES string of the molecule is Cc1cc(C(=O)O)c(I)c(C)c1C(=O)O.Cc1ccc(OC(=O)c2ccc(C(=O)O)cc2)c(C)c1C. The maximum atomic E-state index is 12.1. The van der Waals surface area contributed by atoms with Crippen LogP contribution in [0, 0.1) is 38.2 Å². The third-order valence-electron chi connectivity index (χ3n) is 5.72. The number of hydrogen-bond donors (Lipinski definition) is 3. The molecule has 0 fully saturated rings. The highest BCUT2D eigenvalue weighted by Gasteiger charge is 2.19. The fourth-order valence-corrected chi connectivity index (χ4v) is 4.05. The van der Waals surface area contributed by atoms with Gasteiger partial charge in [-0.3, -0.25) is 0 Å². The Morgan fingerprint density at radius 1 is 0.667 bits per heavy atom. The predicted molar refractivity (Wildman–Crippen MR) is 142 cm³/mol. The molecule has 3 aromatic rings. The third kappa shape index (κ3) is 6.48. The molecule has 0 heterocycles. The summed E-state index contributed by atoms with van der Waals surface area (Å²) < 4.78 is 5.86. The van der Waals surface area contributed by atoms with Crippen LogP contribution in [0.3, 0.4) is 0 Å². The molecule has 0 atom stereocenters. The molecule has 0 aliphatic heterocycles. The van der Waals surface area contributed by atoms with Crippen molar-refractivity contribution in [3.63, 3.8) is 0 Å². The monoisotopic (exact) mass is 604 g/mol. The van der Waals surface area contributed by atoms with E-state index in [1.807, 2.05) is 49.4 Å². The highest BCUT2D eigenvalue weighted by molar-refractivity contribution is 14.1. The number of aromatic carboxylic acids is 3. The Balaban J connectivity index is 0.000000269. The number of aryl methyl sites for hydroxylation is 2. The zero-order chi connectivity index (χ0) is 27.3. The molecule has 0 aliphatic carbocycles. The molecule has 3 rings (SSSR count). The zero-order valence-corrected chi connectivity index (χ0v) is 22.5. The molecule has 8 nitrogen and oxygen atoms in total. The minimum atomic E-state index is -1.04. The largest absolute Gasteiger partial charge is 0.478 e. The van der Waals surface area contributed by atoms with Gasteiger partial charge >= 0.3 is 23.9 Å². The predicted octanol–water partition coefficient (Wildman–Crippen LogP) is 5.83. The van der Waals surface area contributed by atoms with Crippen molar-refractivity contribution < 1.29 is 39.2 Å². The second-order valence-electron chi connectivity index (χ2n) is 8.07. The molecule has 0 unspecified atom stereocenters. The number of hydrogen-bond acceptors (Lipinski definition) is 5. The number of carboxylic acid groups (broad SMARTS) is 3. The molecule has 0 spiro atoms. The van der Waals surface area contributed by atoms with E-state index < -0.39 is 23.9 Å². The van der Waals surface area contributed by atoms with Crippen molar-refractivity contribution in [3.8, 4) is 5.75 Å². The lowest BCUT2D eigenvalue weighted by molar-refractivity contribution is 0.0678. The van der Waals surface area contributed by atoms with Gasteiger partial charge in [0.25, 0.3) is 0 Å². The molecule has 0 aliphatic rings. The van der Waals surface area contributed by atoms with Gasteiger partial charge in [0.1, 0.15) is 5.75 Å². The van der Waals surface area contributed by atoms with Crippen molar-refractivity contribution in [2.75, 3.05) is 0 Å². The van der Waals surface area contributed by atoms with Crippen LogP contribution in [-0.2, 0) is 0 Å². The number of halogens is 1. The Kier molecular flexibility index (Phi) is 9.35. The number of carbonyl (C=O) groups excluding carboxylic acids is 1. The molecule has 188 valence electrons. The summed E-state index contributed by atoms with van der Waals surface area (Å²) in [5, 5.41) is 26.7. The van der Waals surface area contributed by atoms with Gasteiger partial charge in [-0.1, -0.05) is 6.07 Å². The molecule has 0 amide bonds. The lowest BCUT2D eigenvalue weighted by atomic mass is 9.99. The van der Waals surface area contributed by atoms with Gasteiger partial charge in [0.15, 0.2) is 0 Å². The minimum Gasteiger partial charge on any atom is -0.478 e. The van der Waals surface area contributed by atoms with E-state index in [1.54, 1.807) is 19.9 Å². The fraction of sp³-hybridized carbons (Fsp3) is 0.185. The average molecular weight is 604 g/mol. The summed E-state index contributed by atoms with van der Waals surface area (Å²) in [7, 11) is 0. The summed E-state index contributed by atoms with van der Waals surface area (Å²) in [6, 6.07) is 10.7. The van der Waals surface area contributed by atoms with Crippen LogP contribution in [0.5, 0.6) is 5.75 Å². The second kappa shape index (κ2) is 11.8. The molecular weight excluding hydrogens is 579 g/mol. The lowest BCUT2D eigenvalue weighted by Crippen LogP contribution is -2.10. The Labute approximate surface area is 221 Å². The van der Waals surface area contributed by atoms with Crippen molar-refractivity contribution >= 4 is 46.5 Å². The first-order valence-electron chi connectivity index (χ1n) is 10.6. The Hall–Kier alpha value is -3.73. The molecule has 0 bridgehead atoms. The molecule has 0 radical (unpaired) electrons. The average Bonchev–Trinajstić information content (AvgIpc) is 2.81. The van der Waals surface area contributed by atoms with E-state index in [1.165, 1.54) is 30.3 Å². The van der Waals surface area contributed by atoms with E-state index in [4.69, 9.17) is 20.1 Å². The second-order valence-corrected chi connectivity index (χ2v) is 9.15. The normalized spacial score (nSPS) is 10.2. The smallest absolute Gasteiger partial charge is 0.343 e. The van der Waals surface area contributed by atoms with Crippen LogP contribution in [0.15, 0.2) is 42.5 Å². The van der Waals surface area contributed by atoms with Gasteiger partial charge in [-0.2, -0.15) is 0 Å². The summed E-state index contributed by atoms with van der Waals surface area (Å²) in [5.41, 5.74) is 4.90. The van der Waals surface area contributed by atoms with E-state index >= 15 is 0 Å². The minimum absolute atomic E-state index is 0.133. The molecule has 3 aromatic carbocycles. The first kappa shape index (κ1) is 28.5. The Morgan fingerprint density at radius 3 is 1.72 bits per heavy atom. The number of carbonyl (C=O) groups is 4. The Bertz CT molecular complexity index is 1360. The van der Waals surface area contributed by atoms with E-state index in [2.05, 4.69) is 0 Å². The summed E-state index contributed by atoms with van der Waals surface area (Å²) >= 11 is 1.85. The number of rotatable bonds is 5. The topological polar surface area (TPSA) is 138 Å². The van der Waals surface area contributed by atoms with Crippen LogP contribution in [0.2, 0.25) is 0 Å². The van der Waals surface area contributed by atoms with Crippen molar-refractivity contribution in [2.45, 2.75) is 34.6 Å². The molecule has 0 saturated carbocycles. The first-order chi connectivity index (χ1) is 16.8. The molecule has 9 heteroatoms. The van der Waals surface area contributed by atoms with E-state index in [-0.39, 0.29) is 16.7 Å². The van der Waals surface area contributed by atoms with Crippen molar-refractivity contribution in [1.82, 2.24) is 0 Å². The van der Waals surface area contributed by atoms with Crippen LogP contribution in [-0.4, -0.2) is 39.2 Å². The molecule has 0 saturated heterocycles. The van der Waals surface area contributed by atoms with Crippen LogP contribution in [0.25, 0.3) is 0 Å². The highest BCUT2D eigenvalue weighted by Crippen LogP contribution is 2.25. The van der Waals surface area contributed by atoms with Gasteiger partial charge in [-0.15, -0.1) is 0 Å². The van der Waals surface area contributed by atoms with Gasteiger partial charge in [0.2, 0.25) is 0 Å². The van der Waals surface area contributed by atoms with E-state index in [0.29, 0.717) is 26.0 Å². The van der Waals surface area contributed by atoms with E-state index in [0.717, 1.165) is 16.7 Å². The van der Waals surface area contributed by atoms with Crippen LogP contribution < -0.4 is 4.74 Å². The highest BCUT2D eigenvalue weighted by atomic mass is 127. The fourth-order valence-electron chi connectivity index (χ4n) is 3.39. The number of carboxylic acids is 3. The number of benzene rings is 3.